The molecular weight excluding hydrogens is 220 g/mol. The number of aliphatic hydroxyl groups is 1. The van der Waals surface area contributed by atoms with Crippen LogP contribution >= 0.6 is 0 Å². The van der Waals surface area contributed by atoms with E-state index in [1.165, 1.54) is 0 Å². The summed E-state index contributed by atoms with van der Waals surface area (Å²) in [5.41, 5.74) is -0.596. The highest BCUT2D eigenvalue weighted by Gasteiger charge is 2.22. The first-order chi connectivity index (χ1) is 7.80. The quantitative estimate of drug-likeness (QED) is 0.725. The first-order valence-electron chi connectivity index (χ1n) is 5.45. The summed E-state index contributed by atoms with van der Waals surface area (Å²) in [6.07, 6.45) is 1.70. The Labute approximate surface area is 101 Å². The minimum absolute atomic E-state index is 0.195. The highest BCUT2D eigenvalue weighted by Crippen LogP contribution is 2.03. The second kappa shape index (κ2) is 5.29. The average Bonchev–Trinajstić information content (AvgIpc) is 2.59. The number of amides is 1. The Morgan fingerprint density at radius 1 is 1.65 bits per heavy atom. The van der Waals surface area contributed by atoms with Crippen molar-refractivity contribution < 1.29 is 9.90 Å². The van der Waals surface area contributed by atoms with Gasteiger partial charge in [0.1, 0.15) is 5.69 Å². The van der Waals surface area contributed by atoms with Crippen molar-refractivity contribution in [1.29, 1.82) is 0 Å². The van der Waals surface area contributed by atoms with Crippen LogP contribution in [0.15, 0.2) is 12.3 Å². The van der Waals surface area contributed by atoms with Crippen molar-refractivity contribution in [1.82, 2.24) is 20.0 Å². The fraction of sp³-hybridized carbons (Fsp3) is 0.636. The molecule has 0 fully saturated rings. The lowest BCUT2D eigenvalue weighted by Gasteiger charge is -2.26. The van der Waals surface area contributed by atoms with Crippen LogP contribution in [0.5, 0.6) is 0 Å². The van der Waals surface area contributed by atoms with Gasteiger partial charge in [-0.25, -0.2) is 0 Å². The molecule has 1 unspecified atom stereocenters. The molecule has 17 heavy (non-hydrogen) atoms. The molecular formula is C11H20N4O2. The largest absolute Gasteiger partial charge is 0.387 e. The summed E-state index contributed by atoms with van der Waals surface area (Å²) in [6, 6.07) is 1.63. The fourth-order valence-corrected chi connectivity index (χ4v) is 1.63. The second-order valence-corrected chi connectivity index (χ2v) is 4.79. The van der Waals surface area contributed by atoms with Gasteiger partial charge in [-0.1, -0.05) is 0 Å². The molecule has 0 saturated heterocycles. The van der Waals surface area contributed by atoms with E-state index in [2.05, 4.69) is 10.4 Å². The summed E-state index contributed by atoms with van der Waals surface area (Å²) in [5.74, 6) is -0.273. The van der Waals surface area contributed by atoms with E-state index in [-0.39, 0.29) is 12.5 Å². The van der Waals surface area contributed by atoms with Crippen LogP contribution in [-0.4, -0.2) is 58.5 Å². The molecule has 6 nitrogen and oxygen atoms in total. The van der Waals surface area contributed by atoms with Gasteiger partial charge < -0.3 is 15.3 Å². The third-order valence-corrected chi connectivity index (χ3v) is 2.23. The Balaban J connectivity index is 2.48. The zero-order chi connectivity index (χ0) is 13.1. The van der Waals surface area contributed by atoms with Crippen molar-refractivity contribution in [3.05, 3.63) is 18.0 Å². The third-order valence-electron chi connectivity index (χ3n) is 2.23. The van der Waals surface area contributed by atoms with Gasteiger partial charge in [0.15, 0.2) is 0 Å². The number of hydrogen-bond acceptors (Lipinski definition) is 4. The molecule has 1 heterocycles. The molecule has 1 aromatic rings. The van der Waals surface area contributed by atoms with Crippen LogP contribution in [0.4, 0.5) is 0 Å². The van der Waals surface area contributed by atoms with Crippen molar-refractivity contribution in [2.75, 3.05) is 27.2 Å². The first kappa shape index (κ1) is 13.7. The van der Waals surface area contributed by atoms with E-state index in [0.717, 1.165) is 0 Å². The van der Waals surface area contributed by atoms with E-state index in [1.54, 1.807) is 30.9 Å². The summed E-state index contributed by atoms with van der Waals surface area (Å²) in [4.78, 5) is 13.5. The van der Waals surface area contributed by atoms with Crippen molar-refractivity contribution in [3.8, 4) is 0 Å². The molecule has 0 saturated carbocycles. The second-order valence-electron chi connectivity index (χ2n) is 4.79. The van der Waals surface area contributed by atoms with Crippen molar-refractivity contribution in [3.63, 3.8) is 0 Å². The van der Waals surface area contributed by atoms with E-state index in [4.69, 9.17) is 0 Å². The summed E-state index contributed by atoms with van der Waals surface area (Å²) < 4.78 is 1.56. The standard InChI is InChI=1S/C11H20N4O2/c1-11(17,8-14(2)3)7-12-10(16)9-5-6-15(4)13-9/h5-6,17H,7-8H2,1-4H3,(H,12,16). The van der Waals surface area contributed by atoms with Gasteiger partial charge in [0, 0.05) is 26.3 Å². The molecule has 0 bridgehead atoms. The van der Waals surface area contributed by atoms with Crippen molar-refractivity contribution >= 4 is 5.91 Å². The fourth-order valence-electron chi connectivity index (χ4n) is 1.63. The van der Waals surface area contributed by atoms with Crippen LogP contribution in [0, 0.1) is 0 Å². The van der Waals surface area contributed by atoms with Crippen LogP contribution in [0.25, 0.3) is 0 Å². The molecule has 0 aliphatic rings. The van der Waals surface area contributed by atoms with E-state index in [0.29, 0.717) is 12.2 Å². The summed E-state index contributed by atoms with van der Waals surface area (Å²) in [7, 11) is 5.49. The maximum atomic E-state index is 11.7. The SMILES string of the molecule is CN(C)CC(C)(O)CNC(=O)c1ccn(C)n1. The van der Waals surface area contributed by atoms with Gasteiger partial charge in [0.25, 0.3) is 5.91 Å². The molecule has 96 valence electrons. The predicted octanol–water partition coefficient (Wildman–Crippen LogP) is -0.537. The lowest BCUT2D eigenvalue weighted by Crippen LogP contribution is -2.47. The molecule has 2 N–H and O–H groups in total. The number of carbonyl (C=O) groups excluding carboxylic acids is 1. The molecule has 6 heteroatoms. The predicted molar refractivity (Wildman–Crippen MR) is 64.7 cm³/mol. The number of aryl methyl sites for hydroxylation is 1. The van der Waals surface area contributed by atoms with Gasteiger partial charge in [-0.2, -0.15) is 5.10 Å². The topological polar surface area (TPSA) is 70.4 Å². The van der Waals surface area contributed by atoms with Crippen molar-refractivity contribution in [2.45, 2.75) is 12.5 Å². The maximum Gasteiger partial charge on any atom is 0.271 e. The molecule has 0 aromatic carbocycles. The lowest BCUT2D eigenvalue weighted by atomic mass is 10.1. The number of nitrogens with one attached hydrogen (secondary N) is 1. The Morgan fingerprint density at radius 3 is 2.76 bits per heavy atom. The molecule has 0 aliphatic carbocycles. The lowest BCUT2D eigenvalue weighted by molar-refractivity contribution is 0.0325. The highest BCUT2D eigenvalue weighted by atomic mass is 16.3. The Bertz CT molecular complexity index is 385. The van der Waals surface area contributed by atoms with Crippen LogP contribution in [0.1, 0.15) is 17.4 Å². The van der Waals surface area contributed by atoms with Crippen molar-refractivity contribution in [2.24, 2.45) is 7.05 Å². The first-order valence-corrected chi connectivity index (χ1v) is 5.45. The number of likely N-dealkylation sites (N-methyl/N-ethyl adjacent to an activating group) is 1. The zero-order valence-electron chi connectivity index (χ0n) is 10.8. The van der Waals surface area contributed by atoms with Gasteiger partial charge >= 0.3 is 0 Å². The molecule has 1 amide bonds. The summed E-state index contributed by atoms with van der Waals surface area (Å²) >= 11 is 0. The van der Waals surface area contributed by atoms with Gasteiger partial charge in [0.2, 0.25) is 0 Å². The van der Waals surface area contributed by atoms with Gasteiger partial charge in [0.05, 0.1) is 5.60 Å². The summed E-state index contributed by atoms with van der Waals surface area (Å²) in [5, 5.41) is 16.7. The van der Waals surface area contributed by atoms with Gasteiger partial charge in [-0.3, -0.25) is 9.48 Å². The number of hydrogen-bond donors (Lipinski definition) is 2. The monoisotopic (exact) mass is 240 g/mol. The van der Waals surface area contributed by atoms with E-state index < -0.39 is 5.60 Å². The third kappa shape index (κ3) is 4.54. The van der Waals surface area contributed by atoms with Crippen LogP contribution in [0.3, 0.4) is 0 Å². The maximum absolute atomic E-state index is 11.7. The van der Waals surface area contributed by atoms with Gasteiger partial charge in [-0.05, 0) is 27.1 Å². The molecule has 1 aromatic heterocycles. The molecule has 0 radical (unpaired) electrons. The van der Waals surface area contributed by atoms with E-state index in [1.807, 2.05) is 19.0 Å². The van der Waals surface area contributed by atoms with Crippen LogP contribution in [-0.2, 0) is 7.05 Å². The van der Waals surface area contributed by atoms with Crippen LogP contribution in [0.2, 0.25) is 0 Å². The highest BCUT2D eigenvalue weighted by molar-refractivity contribution is 5.92. The number of aromatic nitrogens is 2. The normalized spacial score (nSPS) is 14.7. The Morgan fingerprint density at radius 2 is 2.29 bits per heavy atom. The zero-order valence-corrected chi connectivity index (χ0v) is 10.8. The molecule has 0 aliphatic heterocycles. The molecule has 1 rings (SSSR count). The molecule has 0 spiro atoms. The minimum Gasteiger partial charge on any atom is -0.387 e. The smallest absolute Gasteiger partial charge is 0.271 e. The number of nitrogens with zero attached hydrogens (tertiary/aromatic N) is 3. The number of carbonyl (C=O) groups is 1. The molecule has 1 atom stereocenters. The Hall–Kier alpha value is -1.40. The minimum atomic E-state index is -0.950. The average molecular weight is 240 g/mol. The van der Waals surface area contributed by atoms with Crippen LogP contribution < -0.4 is 5.32 Å². The number of rotatable bonds is 5. The van der Waals surface area contributed by atoms with E-state index in [9.17, 15) is 9.90 Å². The van der Waals surface area contributed by atoms with Gasteiger partial charge in [-0.15, -0.1) is 0 Å². The van der Waals surface area contributed by atoms with E-state index >= 15 is 0 Å². The Kier molecular flexibility index (Phi) is 4.25. The summed E-state index contributed by atoms with van der Waals surface area (Å²) in [6.45, 7) is 2.36.